The van der Waals surface area contributed by atoms with Crippen molar-refractivity contribution < 1.29 is 38.0 Å². The van der Waals surface area contributed by atoms with E-state index in [4.69, 9.17) is 28.4 Å². The van der Waals surface area contributed by atoms with Crippen LogP contribution in [0.25, 0.3) is 0 Å². The maximum absolute atomic E-state index is 12.1. The largest absolute Gasteiger partial charge is 0.490 e. The molecule has 0 unspecified atom stereocenters. The van der Waals surface area contributed by atoms with Crippen molar-refractivity contribution in [3.8, 4) is 35.2 Å². The molecule has 0 radical (unpaired) electrons. The van der Waals surface area contributed by atoms with E-state index in [0.29, 0.717) is 52.5 Å². The molecule has 0 bridgehead atoms. The second kappa shape index (κ2) is 23.2. The Morgan fingerprint density at radius 2 is 0.923 bits per heavy atom. The zero-order valence-electron chi connectivity index (χ0n) is 31.2. The smallest absolute Gasteiger partial charge is 0.335 e. The molecule has 0 spiro atoms. The number of ether oxygens (including phenoxy) is 6. The standard InChI is InChI=1S/C44H50O8/c1-7-47-41(43(45)49-9-3)31-37-19-23-39(24-20-37)51-29-27-33(5)11-13-35-15-17-36(18-16-35)14-12-34(6)28-30-52-40-25-21-38(22-26-40)32-42(48-8-2)44(46)50-10-4/h15-28,41-42H,7-10,29-32H2,1-6H3/b33-27+,34-28+/t41-,42-/m0/s1. The van der Waals surface area contributed by atoms with E-state index in [2.05, 4.69) is 23.7 Å². The normalized spacial score (nSPS) is 12.3. The van der Waals surface area contributed by atoms with Crippen LogP contribution in [0.1, 0.15) is 63.8 Å². The predicted molar refractivity (Wildman–Crippen MR) is 203 cm³/mol. The van der Waals surface area contributed by atoms with Crippen LogP contribution in [0.5, 0.6) is 11.5 Å². The van der Waals surface area contributed by atoms with Gasteiger partial charge in [0.25, 0.3) is 0 Å². The second-order valence-electron chi connectivity index (χ2n) is 11.6. The molecule has 3 rings (SSSR count). The average molecular weight is 707 g/mol. The highest BCUT2D eigenvalue weighted by Crippen LogP contribution is 2.17. The zero-order valence-corrected chi connectivity index (χ0v) is 31.2. The molecule has 0 N–H and O–H groups in total. The summed E-state index contributed by atoms with van der Waals surface area (Å²) in [5.41, 5.74) is 5.52. The second-order valence-corrected chi connectivity index (χ2v) is 11.6. The summed E-state index contributed by atoms with van der Waals surface area (Å²) in [5.74, 6) is 13.5. The van der Waals surface area contributed by atoms with Crippen molar-refractivity contribution in [2.45, 2.75) is 66.6 Å². The third-order valence-corrected chi connectivity index (χ3v) is 7.50. The molecule has 3 aromatic carbocycles. The highest BCUT2D eigenvalue weighted by atomic mass is 16.6. The Labute approximate surface area is 309 Å². The lowest BCUT2D eigenvalue weighted by Gasteiger charge is -2.15. The number of carbonyl (C=O) groups is 2. The molecule has 0 aromatic heterocycles. The molecular weight excluding hydrogens is 656 g/mol. The van der Waals surface area contributed by atoms with Crippen LogP contribution < -0.4 is 9.47 Å². The number of allylic oxidation sites excluding steroid dienone is 2. The number of hydrogen-bond donors (Lipinski definition) is 0. The Hall–Kier alpha value is -5.28. The lowest BCUT2D eigenvalue weighted by atomic mass is 10.1. The summed E-state index contributed by atoms with van der Waals surface area (Å²) in [6.07, 6.45) is 3.53. The van der Waals surface area contributed by atoms with Crippen molar-refractivity contribution in [2.24, 2.45) is 0 Å². The highest BCUT2D eigenvalue weighted by Gasteiger charge is 2.21. The van der Waals surface area contributed by atoms with Gasteiger partial charge in [-0.2, -0.15) is 0 Å². The SMILES string of the molecule is CCOC(=O)[C@H](Cc1ccc(OC/C=C(\C)C#Cc2ccc(C#C/C(C)=C/COc3ccc(C[C@H](OCC)C(=O)OCC)cc3)cc2)cc1)OCC. The van der Waals surface area contributed by atoms with Gasteiger partial charge in [0.1, 0.15) is 24.7 Å². The van der Waals surface area contributed by atoms with Crippen LogP contribution in [0.15, 0.2) is 96.1 Å². The summed E-state index contributed by atoms with van der Waals surface area (Å²) in [7, 11) is 0. The summed E-state index contributed by atoms with van der Waals surface area (Å²) < 4.78 is 33.1. The van der Waals surface area contributed by atoms with Crippen LogP contribution in [0, 0.1) is 23.7 Å². The molecule has 0 fully saturated rings. The molecule has 0 aliphatic heterocycles. The van der Waals surface area contributed by atoms with Gasteiger partial charge in [-0.3, -0.25) is 0 Å². The van der Waals surface area contributed by atoms with Crippen LogP contribution in [0.3, 0.4) is 0 Å². The first-order valence-electron chi connectivity index (χ1n) is 17.7. The van der Waals surface area contributed by atoms with Gasteiger partial charge in [0.15, 0.2) is 12.2 Å². The van der Waals surface area contributed by atoms with Crippen molar-refractivity contribution in [2.75, 3.05) is 39.6 Å². The third kappa shape index (κ3) is 15.3. The van der Waals surface area contributed by atoms with Crippen LogP contribution in [-0.2, 0) is 41.4 Å². The summed E-state index contributed by atoms with van der Waals surface area (Å²) in [6, 6.07) is 23.0. The molecule has 0 amide bonds. The molecule has 0 aliphatic carbocycles. The van der Waals surface area contributed by atoms with Crippen molar-refractivity contribution >= 4 is 11.9 Å². The molecule has 3 aromatic rings. The van der Waals surface area contributed by atoms with E-state index in [1.54, 1.807) is 13.8 Å². The number of rotatable bonds is 18. The Bertz CT molecular complexity index is 1600. The van der Waals surface area contributed by atoms with Gasteiger partial charge in [0, 0.05) is 37.2 Å². The molecule has 274 valence electrons. The maximum Gasteiger partial charge on any atom is 0.335 e. The summed E-state index contributed by atoms with van der Waals surface area (Å²) in [6.45, 7) is 13.5. The molecule has 0 saturated heterocycles. The monoisotopic (exact) mass is 706 g/mol. The quantitative estimate of drug-likeness (QED) is 0.0996. The molecular formula is C44H50O8. The van der Waals surface area contributed by atoms with E-state index in [-0.39, 0.29) is 11.9 Å². The molecule has 0 saturated carbocycles. The van der Waals surface area contributed by atoms with Gasteiger partial charge in [-0.05, 0) is 124 Å². The van der Waals surface area contributed by atoms with Crippen LogP contribution in [0.2, 0.25) is 0 Å². The molecule has 0 heterocycles. The van der Waals surface area contributed by atoms with Gasteiger partial charge in [-0.15, -0.1) is 0 Å². The first kappa shape index (κ1) is 41.1. The summed E-state index contributed by atoms with van der Waals surface area (Å²) >= 11 is 0. The van der Waals surface area contributed by atoms with E-state index in [9.17, 15) is 9.59 Å². The lowest BCUT2D eigenvalue weighted by molar-refractivity contribution is -0.157. The van der Waals surface area contributed by atoms with E-state index in [1.165, 1.54) is 0 Å². The molecule has 0 aliphatic rings. The fourth-order valence-corrected chi connectivity index (χ4v) is 4.77. The number of carbonyl (C=O) groups excluding carboxylic acids is 2. The summed E-state index contributed by atoms with van der Waals surface area (Å²) in [4.78, 5) is 24.3. The van der Waals surface area contributed by atoms with Gasteiger partial charge < -0.3 is 28.4 Å². The first-order valence-corrected chi connectivity index (χ1v) is 17.7. The van der Waals surface area contributed by atoms with E-state index < -0.39 is 12.2 Å². The minimum absolute atomic E-state index is 0.323. The van der Waals surface area contributed by atoms with E-state index >= 15 is 0 Å². The zero-order chi connectivity index (χ0) is 37.6. The van der Waals surface area contributed by atoms with Gasteiger partial charge >= 0.3 is 11.9 Å². The topological polar surface area (TPSA) is 89.5 Å². The van der Waals surface area contributed by atoms with Gasteiger partial charge in [0.2, 0.25) is 0 Å². The lowest BCUT2D eigenvalue weighted by Crippen LogP contribution is -2.28. The van der Waals surface area contributed by atoms with Crippen LogP contribution in [-0.4, -0.2) is 63.8 Å². The van der Waals surface area contributed by atoms with Crippen molar-refractivity contribution in [1.82, 2.24) is 0 Å². The van der Waals surface area contributed by atoms with Crippen LogP contribution >= 0.6 is 0 Å². The Morgan fingerprint density at radius 1 is 0.558 bits per heavy atom. The molecule has 52 heavy (non-hydrogen) atoms. The average Bonchev–Trinajstić information content (AvgIpc) is 3.14. The fourth-order valence-electron chi connectivity index (χ4n) is 4.77. The molecule has 8 heteroatoms. The van der Waals surface area contributed by atoms with E-state index in [1.807, 2.05) is 113 Å². The predicted octanol–water partition coefficient (Wildman–Crippen LogP) is 7.46. The van der Waals surface area contributed by atoms with Crippen molar-refractivity contribution in [1.29, 1.82) is 0 Å². The highest BCUT2D eigenvalue weighted by molar-refractivity contribution is 5.75. The third-order valence-electron chi connectivity index (χ3n) is 7.50. The van der Waals surface area contributed by atoms with Gasteiger partial charge in [-0.1, -0.05) is 47.9 Å². The molecule has 8 nitrogen and oxygen atoms in total. The Morgan fingerprint density at radius 3 is 1.25 bits per heavy atom. The van der Waals surface area contributed by atoms with Crippen molar-refractivity contribution in [3.05, 3.63) is 118 Å². The minimum Gasteiger partial charge on any atom is -0.490 e. The minimum atomic E-state index is -0.618. The van der Waals surface area contributed by atoms with Crippen LogP contribution in [0.4, 0.5) is 0 Å². The Kier molecular flexibility index (Phi) is 18.4. The summed E-state index contributed by atoms with van der Waals surface area (Å²) in [5, 5.41) is 0. The fraction of sp³-hybridized carbons (Fsp3) is 0.364. The van der Waals surface area contributed by atoms with Gasteiger partial charge in [-0.25, -0.2) is 9.59 Å². The molecule has 2 atom stereocenters. The maximum atomic E-state index is 12.1. The van der Waals surface area contributed by atoms with E-state index in [0.717, 1.165) is 44.9 Å². The Balaban J connectivity index is 1.44. The number of hydrogen-bond acceptors (Lipinski definition) is 8. The first-order chi connectivity index (χ1) is 25.2. The number of esters is 2. The van der Waals surface area contributed by atoms with Crippen molar-refractivity contribution in [3.63, 3.8) is 0 Å². The van der Waals surface area contributed by atoms with Gasteiger partial charge in [0.05, 0.1) is 13.2 Å². The number of benzene rings is 3.